The predicted molar refractivity (Wildman–Crippen MR) is 405 cm³/mol. The van der Waals surface area contributed by atoms with E-state index < -0.39 is 0 Å². The van der Waals surface area contributed by atoms with Gasteiger partial charge in [0.25, 0.3) is 0 Å². The minimum Gasteiger partial charge on any atom is -0.338 e. The molecule has 0 bridgehead atoms. The minimum absolute atomic E-state index is 0.00296. The molecule has 104 heavy (non-hydrogen) atoms. The first-order valence-corrected chi connectivity index (χ1v) is 34.4. The predicted octanol–water partition coefficient (Wildman–Crippen LogP) is 14.7. The molecule has 0 spiro atoms. The van der Waals surface area contributed by atoms with Gasteiger partial charge in [0.05, 0.1) is 22.1 Å². The van der Waals surface area contributed by atoms with Crippen molar-refractivity contribution in [1.82, 2.24) is 81.1 Å². The second-order valence-electron chi connectivity index (χ2n) is 24.1. The summed E-state index contributed by atoms with van der Waals surface area (Å²) in [7, 11) is 0. The molecule has 28 heteroatoms. The highest BCUT2D eigenvalue weighted by atomic mass is 16.2. The van der Waals surface area contributed by atoms with Crippen LogP contribution < -0.4 is 42.5 Å². The Hall–Kier alpha value is -12.9. The SMILES string of the molecule is CCCC(=O)c1cc(-c2cccnc2)cc2[nH]c(NC(=O)NCC)nc12.CCNC(=O)Nc1nc2c(C(=O)C(C)C)cc(-c3cccnc3)cc2[nH]1.CCNC(=O)Nc1nc2c(C(=O)C(C)CC)cc(-c3cccnc3)cc2[nH]1.CCNC(=O)Nc1nc2c(C(=O)CC)cc(-c3cccnc3)cc2[nH]1. The number of nitrogens with zero attached hydrogens (tertiary/aromatic N) is 8. The van der Waals surface area contributed by atoms with Crippen molar-refractivity contribution in [3.63, 3.8) is 0 Å². The van der Waals surface area contributed by atoms with Crippen molar-refractivity contribution in [2.45, 2.75) is 94.9 Å². The lowest BCUT2D eigenvalue weighted by atomic mass is 9.93. The van der Waals surface area contributed by atoms with Gasteiger partial charge in [-0.1, -0.05) is 65.8 Å². The Morgan fingerprint density at radius 2 is 0.654 bits per heavy atom. The largest absolute Gasteiger partial charge is 0.338 e. The van der Waals surface area contributed by atoms with Crippen LogP contribution in [-0.4, -0.2) is 133 Å². The van der Waals surface area contributed by atoms with E-state index in [1.165, 1.54) is 0 Å². The van der Waals surface area contributed by atoms with E-state index in [-0.39, 0.29) is 59.1 Å². The summed E-state index contributed by atoms with van der Waals surface area (Å²) in [5.41, 5.74) is 14.2. The number of carbonyl (C=O) groups is 8. The van der Waals surface area contributed by atoms with Crippen molar-refractivity contribution in [3.8, 4) is 44.5 Å². The molecule has 0 aliphatic carbocycles. The highest BCUT2D eigenvalue weighted by Gasteiger charge is 2.24. The zero-order chi connectivity index (χ0) is 74.4. The number of nitrogens with one attached hydrogen (secondary N) is 12. The van der Waals surface area contributed by atoms with Gasteiger partial charge >= 0.3 is 24.1 Å². The number of amides is 8. The molecule has 8 amide bonds. The molecule has 8 aromatic heterocycles. The molecule has 0 saturated heterocycles. The zero-order valence-corrected chi connectivity index (χ0v) is 59.5. The summed E-state index contributed by atoms with van der Waals surface area (Å²) in [6.07, 6.45) is 16.1. The summed E-state index contributed by atoms with van der Waals surface area (Å²) in [6, 6.07) is 28.7. The van der Waals surface area contributed by atoms with Gasteiger partial charge in [0, 0.05) is 145 Å². The van der Waals surface area contributed by atoms with Crippen molar-refractivity contribution in [2.24, 2.45) is 11.8 Å². The van der Waals surface area contributed by atoms with Crippen molar-refractivity contribution in [3.05, 3.63) is 169 Å². The van der Waals surface area contributed by atoms with Crippen LogP contribution in [0.1, 0.15) is 136 Å². The molecule has 536 valence electrons. The fourth-order valence-electron chi connectivity index (χ4n) is 10.9. The number of ketones is 4. The van der Waals surface area contributed by atoms with Crippen molar-refractivity contribution < 1.29 is 38.4 Å². The van der Waals surface area contributed by atoms with E-state index in [0.29, 0.717) is 129 Å². The second-order valence-corrected chi connectivity index (χ2v) is 24.1. The van der Waals surface area contributed by atoms with Gasteiger partial charge in [0.2, 0.25) is 23.8 Å². The summed E-state index contributed by atoms with van der Waals surface area (Å²) in [5.74, 6) is 0.971. The van der Waals surface area contributed by atoms with Crippen molar-refractivity contribution in [1.29, 1.82) is 0 Å². The molecule has 12 N–H and O–H groups in total. The van der Waals surface area contributed by atoms with E-state index in [9.17, 15) is 38.4 Å². The van der Waals surface area contributed by atoms with Crippen LogP contribution >= 0.6 is 0 Å². The molecule has 1 unspecified atom stereocenters. The standard InChI is InChI=1S/C20H23N5O2.2C19H21N5O2.C18H19N5O2/c1-4-12(3)18(26)15-9-14(13-7-6-8-21-11-13)10-16-17(15)24-19(23-16)25-20(27)22-5-2;1-4-21-19(26)24-18-22-15-9-13(12-6-5-7-20-10-12)8-14(16(15)23-18)17(25)11(2)3;1-3-6-16(25)14-9-13(12-7-5-8-20-11-12)10-15-17(14)23-18(22-15)24-19(26)21-4-2;1-3-15(24)13-8-12(11-6-5-7-19-10-11)9-14-16(13)22-17(21-14)23-18(25)20-4-2/h6-12H,4-5H2,1-3H3,(H3,22,23,24,25,27);5-11H,4H2,1-3H3,(H3,21,22,23,24,26);5,7-11H,3-4,6H2,1-2H3,(H3,21,22,23,24,26);5-10H,3-4H2,1-2H3,(H3,20,21,22,23,25). The number of hydrogen-bond donors (Lipinski definition) is 12. The van der Waals surface area contributed by atoms with Crippen LogP contribution in [0.5, 0.6) is 0 Å². The summed E-state index contributed by atoms with van der Waals surface area (Å²) in [4.78, 5) is 144. The molecular formula is C76H84N20O8. The molecule has 0 fully saturated rings. The maximum absolute atomic E-state index is 12.9. The normalized spacial score (nSPS) is 11.1. The second kappa shape index (κ2) is 35.9. The van der Waals surface area contributed by atoms with Crippen LogP contribution in [0, 0.1) is 11.8 Å². The fraction of sp³-hybridized carbons (Fsp3) is 0.263. The average molecular weight is 1410 g/mol. The highest BCUT2D eigenvalue weighted by Crippen LogP contribution is 2.34. The summed E-state index contributed by atoms with van der Waals surface area (Å²) < 4.78 is 0. The maximum Gasteiger partial charge on any atom is 0.321 e. The number of rotatable bonds is 22. The number of Topliss-reactive ketones (excluding diaryl/α,β-unsaturated/α-hetero) is 4. The van der Waals surface area contributed by atoms with Crippen LogP contribution in [-0.2, 0) is 0 Å². The first-order chi connectivity index (χ1) is 50.3. The molecule has 0 radical (unpaired) electrons. The van der Waals surface area contributed by atoms with Crippen LogP contribution in [0.2, 0.25) is 0 Å². The third-order valence-corrected chi connectivity index (χ3v) is 16.1. The van der Waals surface area contributed by atoms with E-state index in [4.69, 9.17) is 0 Å². The first-order valence-electron chi connectivity index (χ1n) is 34.4. The Bertz CT molecular complexity index is 5020. The van der Waals surface area contributed by atoms with Crippen LogP contribution in [0.15, 0.2) is 147 Å². The number of H-pyrrole nitrogens is 4. The molecular weight excluding hydrogens is 1320 g/mol. The van der Waals surface area contributed by atoms with Crippen molar-refractivity contribution >= 4 is 115 Å². The van der Waals surface area contributed by atoms with Gasteiger partial charge < -0.3 is 41.2 Å². The Labute approximate surface area is 599 Å². The van der Waals surface area contributed by atoms with Gasteiger partial charge in [-0.25, -0.2) is 39.1 Å². The number of carbonyl (C=O) groups excluding carboxylic acids is 8. The molecule has 12 rings (SSSR count). The van der Waals surface area contributed by atoms with Gasteiger partial charge in [-0.3, -0.25) is 60.4 Å². The lowest BCUT2D eigenvalue weighted by Crippen LogP contribution is -2.28. The van der Waals surface area contributed by atoms with Gasteiger partial charge in [-0.15, -0.1) is 0 Å². The third-order valence-electron chi connectivity index (χ3n) is 16.1. The summed E-state index contributed by atoms with van der Waals surface area (Å²) in [6.45, 7) is 20.7. The topological polar surface area (TPSA) is 399 Å². The number of aromatic amines is 4. The van der Waals surface area contributed by atoms with E-state index >= 15 is 0 Å². The number of pyridine rings is 4. The van der Waals surface area contributed by atoms with Crippen LogP contribution in [0.25, 0.3) is 88.6 Å². The maximum atomic E-state index is 12.9. The van der Waals surface area contributed by atoms with E-state index in [1.807, 2.05) is 166 Å². The van der Waals surface area contributed by atoms with Crippen molar-refractivity contribution in [2.75, 3.05) is 47.4 Å². The lowest BCUT2D eigenvalue weighted by Gasteiger charge is -2.10. The molecule has 0 aliphatic rings. The molecule has 8 heterocycles. The Morgan fingerprint density at radius 3 is 0.913 bits per heavy atom. The van der Waals surface area contributed by atoms with E-state index in [0.717, 1.165) is 57.3 Å². The monoisotopic (exact) mass is 1400 g/mol. The first kappa shape index (κ1) is 75.3. The fourth-order valence-corrected chi connectivity index (χ4v) is 10.9. The lowest BCUT2D eigenvalue weighted by molar-refractivity contribution is 0.0925. The molecule has 12 aromatic rings. The number of fused-ring (bicyclic) bond motifs is 4. The summed E-state index contributed by atoms with van der Waals surface area (Å²) >= 11 is 0. The molecule has 1 atom stereocenters. The number of hydrogen-bond acceptors (Lipinski definition) is 16. The number of urea groups is 4. The quantitative estimate of drug-likeness (QED) is 0.0280. The number of aromatic nitrogens is 12. The highest BCUT2D eigenvalue weighted by molar-refractivity contribution is 6.12. The number of benzene rings is 4. The molecule has 4 aromatic carbocycles. The van der Waals surface area contributed by atoms with Crippen LogP contribution in [0.4, 0.5) is 43.0 Å². The van der Waals surface area contributed by atoms with E-state index in [1.54, 1.807) is 49.6 Å². The molecule has 0 aliphatic heterocycles. The zero-order valence-electron chi connectivity index (χ0n) is 59.5. The van der Waals surface area contributed by atoms with Gasteiger partial charge in [0.15, 0.2) is 23.1 Å². The smallest absolute Gasteiger partial charge is 0.321 e. The molecule has 28 nitrogen and oxygen atoms in total. The van der Waals surface area contributed by atoms with Gasteiger partial charge in [0.1, 0.15) is 22.1 Å². The Kier molecular flexibility index (Phi) is 26.0. The van der Waals surface area contributed by atoms with Crippen LogP contribution in [0.3, 0.4) is 0 Å². The number of anilines is 4. The minimum atomic E-state index is -0.351. The summed E-state index contributed by atoms with van der Waals surface area (Å²) in [5, 5.41) is 21.2. The Morgan fingerprint density at radius 1 is 0.365 bits per heavy atom. The van der Waals surface area contributed by atoms with Gasteiger partial charge in [-0.05, 0) is 136 Å². The average Bonchev–Trinajstić information content (AvgIpc) is 1.57. The van der Waals surface area contributed by atoms with E-state index in [2.05, 4.69) is 102 Å². The van der Waals surface area contributed by atoms with Gasteiger partial charge in [-0.2, -0.15) is 0 Å². The number of imidazole rings is 4. The molecule has 0 saturated carbocycles. The third kappa shape index (κ3) is 19.1. The Balaban J connectivity index is 0.000000161.